The Hall–Kier alpha value is -0.570. The van der Waals surface area contributed by atoms with E-state index in [1.165, 1.54) is 23.9 Å². The molecule has 0 bridgehead atoms. The number of benzene rings is 1. The van der Waals surface area contributed by atoms with E-state index in [0.717, 1.165) is 24.7 Å². The lowest BCUT2D eigenvalue weighted by Crippen LogP contribution is -1.85. The maximum absolute atomic E-state index is 13.0. The molecule has 0 fully saturated rings. The molecule has 1 aromatic rings. The molecule has 0 radical (unpaired) electrons. The van der Waals surface area contributed by atoms with Crippen molar-refractivity contribution in [3.63, 3.8) is 0 Å². The lowest BCUT2D eigenvalue weighted by molar-refractivity contribution is 0.577. The predicted octanol–water partition coefficient (Wildman–Crippen LogP) is 3.86. The van der Waals surface area contributed by atoms with Crippen LogP contribution in [0.15, 0.2) is 23.1 Å². The minimum absolute atomic E-state index is 0.331. The molecule has 13 heavy (non-hydrogen) atoms. The minimum atomic E-state index is -0.375. The van der Waals surface area contributed by atoms with E-state index in [9.17, 15) is 8.78 Å². The zero-order valence-corrected chi connectivity index (χ0v) is 8.33. The van der Waals surface area contributed by atoms with Gasteiger partial charge in [-0.05, 0) is 30.4 Å². The van der Waals surface area contributed by atoms with Gasteiger partial charge in [-0.25, -0.2) is 8.78 Å². The summed E-state index contributed by atoms with van der Waals surface area (Å²) in [5, 5.41) is 0. The molecule has 72 valence electrons. The second kappa shape index (κ2) is 5.22. The van der Waals surface area contributed by atoms with Gasteiger partial charge in [-0.15, -0.1) is 11.8 Å². The van der Waals surface area contributed by atoms with Crippen LogP contribution in [0.25, 0.3) is 0 Å². The average Bonchev–Trinajstić information content (AvgIpc) is 2.11. The van der Waals surface area contributed by atoms with Crippen molar-refractivity contribution in [3.8, 4) is 0 Å². The van der Waals surface area contributed by atoms with Crippen molar-refractivity contribution >= 4 is 11.8 Å². The molecular weight excluding hydrogens is 190 g/mol. The quantitative estimate of drug-likeness (QED) is 0.527. The van der Waals surface area contributed by atoms with Crippen LogP contribution < -0.4 is 0 Å². The molecule has 0 aliphatic carbocycles. The van der Waals surface area contributed by atoms with Crippen LogP contribution in [0.4, 0.5) is 8.78 Å². The molecule has 0 amide bonds. The van der Waals surface area contributed by atoms with Crippen molar-refractivity contribution in [2.24, 2.45) is 0 Å². The molecule has 0 N–H and O–H groups in total. The summed E-state index contributed by atoms with van der Waals surface area (Å²) in [6, 6.07) is 3.55. The third-order valence-corrected chi connectivity index (χ3v) is 2.77. The van der Waals surface area contributed by atoms with Gasteiger partial charge in [-0.2, -0.15) is 0 Å². The average molecular weight is 202 g/mol. The van der Waals surface area contributed by atoms with Gasteiger partial charge in [0.05, 0.1) is 0 Å². The van der Waals surface area contributed by atoms with Gasteiger partial charge in [0.2, 0.25) is 0 Å². The number of unbranched alkanes of at least 4 members (excludes halogenated alkanes) is 1. The largest absolute Gasteiger partial charge is 0.207 e. The Morgan fingerprint density at radius 2 is 2.08 bits per heavy atom. The summed E-state index contributed by atoms with van der Waals surface area (Å²) in [7, 11) is 0. The van der Waals surface area contributed by atoms with Gasteiger partial charge in [0.1, 0.15) is 11.6 Å². The van der Waals surface area contributed by atoms with E-state index in [0.29, 0.717) is 4.90 Å². The first-order valence-corrected chi connectivity index (χ1v) is 5.30. The zero-order valence-electron chi connectivity index (χ0n) is 7.52. The molecule has 1 aromatic carbocycles. The number of hydrogen-bond acceptors (Lipinski definition) is 1. The first-order valence-electron chi connectivity index (χ1n) is 4.32. The van der Waals surface area contributed by atoms with Crippen molar-refractivity contribution in [2.75, 3.05) is 5.75 Å². The van der Waals surface area contributed by atoms with Gasteiger partial charge in [0.15, 0.2) is 0 Å². The van der Waals surface area contributed by atoms with E-state index in [-0.39, 0.29) is 11.6 Å². The summed E-state index contributed by atoms with van der Waals surface area (Å²) < 4.78 is 25.7. The molecule has 0 atom stereocenters. The van der Waals surface area contributed by atoms with E-state index < -0.39 is 0 Å². The Kier molecular flexibility index (Phi) is 4.22. The summed E-state index contributed by atoms with van der Waals surface area (Å²) in [5.41, 5.74) is 0. The fourth-order valence-electron chi connectivity index (χ4n) is 0.914. The first-order chi connectivity index (χ1) is 6.24. The third kappa shape index (κ3) is 3.35. The maximum atomic E-state index is 13.0. The summed E-state index contributed by atoms with van der Waals surface area (Å²) in [4.78, 5) is 0.411. The van der Waals surface area contributed by atoms with Crippen molar-refractivity contribution in [2.45, 2.75) is 24.7 Å². The van der Waals surface area contributed by atoms with Crippen molar-refractivity contribution < 1.29 is 8.78 Å². The normalized spacial score (nSPS) is 10.4. The highest BCUT2D eigenvalue weighted by atomic mass is 32.2. The highest BCUT2D eigenvalue weighted by molar-refractivity contribution is 7.99. The Labute approximate surface area is 81.3 Å². The number of halogens is 2. The molecule has 3 heteroatoms. The Morgan fingerprint density at radius 1 is 1.31 bits per heavy atom. The molecule has 0 saturated heterocycles. The highest BCUT2D eigenvalue weighted by Gasteiger charge is 2.03. The Bertz CT molecular complexity index is 274. The van der Waals surface area contributed by atoms with Crippen LogP contribution in [-0.2, 0) is 0 Å². The SMILES string of the molecule is CCCCSc1cc(F)ccc1F. The number of thioether (sulfide) groups is 1. The second-order valence-electron chi connectivity index (χ2n) is 2.78. The van der Waals surface area contributed by atoms with Crippen LogP contribution >= 0.6 is 11.8 Å². The van der Waals surface area contributed by atoms with E-state index in [1.807, 2.05) is 0 Å². The molecule has 0 nitrogen and oxygen atoms in total. The summed E-state index contributed by atoms with van der Waals surface area (Å²) >= 11 is 1.37. The smallest absolute Gasteiger partial charge is 0.136 e. The Balaban J connectivity index is 2.59. The van der Waals surface area contributed by atoms with Gasteiger partial charge >= 0.3 is 0 Å². The molecule has 0 saturated carbocycles. The van der Waals surface area contributed by atoms with Gasteiger partial charge in [0, 0.05) is 4.90 Å². The van der Waals surface area contributed by atoms with Gasteiger partial charge < -0.3 is 0 Å². The van der Waals surface area contributed by atoms with Gasteiger partial charge in [-0.1, -0.05) is 13.3 Å². The summed E-state index contributed by atoms with van der Waals surface area (Å²) in [6.45, 7) is 2.07. The lowest BCUT2D eigenvalue weighted by atomic mass is 10.3. The monoisotopic (exact) mass is 202 g/mol. The van der Waals surface area contributed by atoms with E-state index in [2.05, 4.69) is 6.92 Å². The van der Waals surface area contributed by atoms with Crippen LogP contribution in [-0.4, -0.2) is 5.75 Å². The molecule has 0 aliphatic rings. The maximum Gasteiger partial charge on any atom is 0.136 e. The van der Waals surface area contributed by atoms with E-state index >= 15 is 0 Å². The van der Waals surface area contributed by atoms with Crippen molar-refractivity contribution in [1.82, 2.24) is 0 Å². The summed E-state index contributed by atoms with van der Waals surface area (Å²) in [6.07, 6.45) is 2.10. The molecule has 1 rings (SSSR count). The van der Waals surface area contributed by atoms with Crippen LogP contribution in [0.5, 0.6) is 0 Å². The first kappa shape index (κ1) is 10.5. The molecule has 0 heterocycles. The highest BCUT2D eigenvalue weighted by Crippen LogP contribution is 2.23. The van der Waals surface area contributed by atoms with Crippen LogP contribution in [0.2, 0.25) is 0 Å². The van der Waals surface area contributed by atoms with E-state index in [1.54, 1.807) is 0 Å². The number of rotatable bonds is 4. The van der Waals surface area contributed by atoms with Crippen molar-refractivity contribution in [3.05, 3.63) is 29.8 Å². The Morgan fingerprint density at radius 3 is 2.77 bits per heavy atom. The van der Waals surface area contributed by atoms with Crippen LogP contribution in [0.1, 0.15) is 19.8 Å². The van der Waals surface area contributed by atoms with Crippen molar-refractivity contribution in [1.29, 1.82) is 0 Å². The standard InChI is InChI=1S/C10H12F2S/c1-2-3-6-13-10-7-8(11)4-5-9(10)12/h4-5,7H,2-3,6H2,1H3. The number of hydrogen-bond donors (Lipinski definition) is 0. The van der Waals surface area contributed by atoms with Gasteiger partial charge in [-0.3, -0.25) is 0 Å². The third-order valence-electron chi connectivity index (χ3n) is 1.65. The second-order valence-corrected chi connectivity index (χ2v) is 3.91. The van der Waals surface area contributed by atoms with E-state index in [4.69, 9.17) is 0 Å². The molecule has 0 aliphatic heterocycles. The predicted molar refractivity (Wildman–Crippen MR) is 52.0 cm³/mol. The molecule has 0 spiro atoms. The minimum Gasteiger partial charge on any atom is -0.207 e. The van der Waals surface area contributed by atoms with Crippen LogP contribution in [0.3, 0.4) is 0 Å². The fourth-order valence-corrected chi connectivity index (χ4v) is 1.97. The van der Waals surface area contributed by atoms with Crippen LogP contribution in [0, 0.1) is 11.6 Å². The molecule has 0 unspecified atom stereocenters. The summed E-state index contributed by atoms with van der Waals surface area (Å²) in [5.74, 6) is 0.138. The topological polar surface area (TPSA) is 0 Å². The molecule has 0 aromatic heterocycles. The molecular formula is C10H12F2S. The van der Waals surface area contributed by atoms with Gasteiger partial charge in [0.25, 0.3) is 0 Å². The fraction of sp³-hybridized carbons (Fsp3) is 0.400. The zero-order chi connectivity index (χ0) is 9.68. The lowest BCUT2D eigenvalue weighted by Gasteiger charge is -2.01.